The molecule has 3 aromatic rings. The molecule has 0 saturated carbocycles. The number of fused-ring (bicyclic) bond motifs is 1. The van der Waals surface area contributed by atoms with E-state index in [0.29, 0.717) is 24.7 Å². The van der Waals surface area contributed by atoms with E-state index in [1.54, 1.807) is 0 Å². The summed E-state index contributed by atoms with van der Waals surface area (Å²) in [5.41, 5.74) is 1.95. The molecule has 2 heterocycles. The summed E-state index contributed by atoms with van der Waals surface area (Å²) in [6.07, 6.45) is -0.241. The van der Waals surface area contributed by atoms with Crippen LogP contribution in [0.4, 0.5) is 0 Å². The molecule has 27 heavy (non-hydrogen) atoms. The lowest BCUT2D eigenvalue weighted by atomic mass is 10.1. The Morgan fingerprint density at radius 1 is 1.19 bits per heavy atom. The Bertz CT molecular complexity index is 956. The number of aromatic nitrogens is 4. The van der Waals surface area contributed by atoms with Crippen molar-refractivity contribution in [3.63, 3.8) is 0 Å². The average molecular weight is 365 g/mol. The number of nitrogens with zero attached hydrogens (tertiary/aromatic N) is 4. The molecule has 1 aliphatic rings. The van der Waals surface area contributed by atoms with Gasteiger partial charge in [-0.25, -0.2) is 0 Å². The topological polar surface area (TPSA) is 91.2 Å². The van der Waals surface area contributed by atoms with Crippen LogP contribution < -0.4 is 14.8 Å². The number of ether oxygens (including phenoxy) is 2. The Morgan fingerprint density at radius 3 is 2.81 bits per heavy atom. The third kappa shape index (κ3) is 3.89. The molecular formula is C19H19N5O3. The number of amides is 1. The Balaban J connectivity index is 1.31. The summed E-state index contributed by atoms with van der Waals surface area (Å²) in [6.45, 7) is 2.69. The van der Waals surface area contributed by atoms with Crippen molar-refractivity contribution in [2.24, 2.45) is 0 Å². The summed E-state index contributed by atoms with van der Waals surface area (Å²) in [4.78, 5) is 13.5. The summed E-state index contributed by atoms with van der Waals surface area (Å²) < 4.78 is 11.5. The molecule has 0 saturated heterocycles. The van der Waals surface area contributed by atoms with Crippen molar-refractivity contribution in [3.05, 3.63) is 54.1 Å². The molecule has 1 aromatic heterocycles. The predicted octanol–water partition coefficient (Wildman–Crippen LogP) is 1.60. The van der Waals surface area contributed by atoms with Crippen molar-refractivity contribution in [3.8, 4) is 22.9 Å². The first-order valence-electron chi connectivity index (χ1n) is 8.68. The molecule has 138 valence electrons. The van der Waals surface area contributed by atoms with Crippen molar-refractivity contribution in [1.29, 1.82) is 0 Å². The Labute approximate surface area is 156 Å². The fourth-order valence-electron chi connectivity index (χ4n) is 2.82. The molecule has 0 bridgehead atoms. The van der Waals surface area contributed by atoms with Gasteiger partial charge in [-0.15, -0.1) is 10.2 Å². The van der Waals surface area contributed by atoms with Crippen LogP contribution in [-0.4, -0.2) is 45.4 Å². The lowest BCUT2D eigenvalue weighted by Gasteiger charge is -2.26. The molecular weight excluding hydrogens is 346 g/mol. The maximum absolute atomic E-state index is 12.2. The van der Waals surface area contributed by atoms with Crippen LogP contribution >= 0.6 is 0 Å². The SMILES string of the molecule is Cc1ccccc1-c1nnn(CC(=O)NC[C@@H]2COc3ccccc3O2)n1. The number of carbonyl (C=O) groups excluding carboxylic acids is 1. The highest BCUT2D eigenvalue weighted by molar-refractivity contribution is 5.75. The molecule has 1 aliphatic heterocycles. The number of nitrogens with one attached hydrogen (secondary N) is 1. The van der Waals surface area contributed by atoms with E-state index in [0.717, 1.165) is 16.9 Å². The van der Waals surface area contributed by atoms with Crippen LogP contribution in [0.2, 0.25) is 0 Å². The lowest BCUT2D eigenvalue weighted by Crippen LogP contribution is -2.41. The highest BCUT2D eigenvalue weighted by atomic mass is 16.6. The number of aryl methyl sites for hydroxylation is 1. The van der Waals surface area contributed by atoms with Crippen molar-refractivity contribution in [1.82, 2.24) is 25.5 Å². The van der Waals surface area contributed by atoms with Crippen LogP contribution in [0.25, 0.3) is 11.4 Å². The van der Waals surface area contributed by atoms with E-state index in [2.05, 4.69) is 20.7 Å². The highest BCUT2D eigenvalue weighted by Crippen LogP contribution is 2.30. The van der Waals surface area contributed by atoms with Gasteiger partial charge in [-0.05, 0) is 29.8 Å². The standard InChI is InChI=1S/C19H19N5O3/c1-13-6-2-3-7-15(13)19-21-23-24(22-19)11-18(25)20-10-14-12-26-16-8-4-5-9-17(16)27-14/h2-9,14H,10-12H2,1H3,(H,20,25)/t14-/m1/s1. The molecule has 0 aliphatic carbocycles. The maximum Gasteiger partial charge on any atom is 0.243 e. The molecule has 1 N–H and O–H groups in total. The van der Waals surface area contributed by atoms with Crippen LogP contribution in [-0.2, 0) is 11.3 Å². The first-order chi connectivity index (χ1) is 13.2. The van der Waals surface area contributed by atoms with Crippen LogP contribution in [0.15, 0.2) is 48.5 Å². The number of benzene rings is 2. The van der Waals surface area contributed by atoms with Gasteiger partial charge in [0.2, 0.25) is 11.7 Å². The van der Waals surface area contributed by atoms with Crippen molar-refractivity contribution in [2.75, 3.05) is 13.2 Å². The predicted molar refractivity (Wildman–Crippen MR) is 97.4 cm³/mol. The minimum atomic E-state index is -0.241. The lowest BCUT2D eigenvalue weighted by molar-refractivity contribution is -0.122. The molecule has 2 aromatic carbocycles. The van der Waals surface area contributed by atoms with Gasteiger partial charge in [-0.1, -0.05) is 36.4 Å². The number of hydrogen-bond donors (Lipinski definition) is 1. The fraction of sp³-hybridized carbons (Fsp3) is 0.263. The van der Waals surface area contributed by atoms with E-state index in [1.165, 1.54) is 4.80 Å². The normalized spacial score (nSPS) is 15.4. The van der Waals surface area contributed by atoms with E-state index < -0.39 is 0 Å². The van der Waals surface area contributed by atoms with Gasteiger partial charge in [0.15, 0.2) is 11.5 Å². The second-order valence-electron chi connectivity index (χ2n) is 6.26. The molecule has 0 unspecified atom stereocenters. The summed E-state index contributed by atoms with van der Waals surface area (Å²) in [7, 11) is 0. The number of rotatable bonds is 5. The first kappa shape index (κ1) is 17.0. The van der Waals surface area contributed by atoms with Crippen LogP contribution in [0.1, 0.15) is 5.56 Å². The molecule has 8 nitrogen and oxygen atoms in total. The monoisotopic (exact) mass is 365 g/mol. The minimum Gasteiger partial charge on any atom is -0.486 e. The summed E-state index contributed by atoms with van der Waals surface area (Å²) >= 11 is 0. The van der Waals surface area contributed by atoms with E-state index in [-0.39, 0.29) is 18.6 Å². The molecule has 0 radical (unpaired) electrons. The number of carbonyl (C=O) groups is 1. The smallest absolute Gasteiger partial charge is 0.243 e. The zero-order valence-electron chi connectivity index (χ0n) is 14.8. The molecule has 1 amide bonds. The van der Waals surface area contributed by atoms with Crippen molar-refractivity contribution in [2.45, 2.75) is 19.6 Å². The third-order valence-corrected chi connectivity index (χ3v) is 4.22. The largest absolute Gasteiger partial charge is 0.486 e. The van der Waals surface area contributed by atoms with Gasteiger partial charge in [0.05, 0.1) is 6.54 Å². The zero-order valence-corrected chi connectivity index (χ0v) is 14.8. The van der Waals surface area contributed by atoms with Gasteiger partial charge in [0.1, 0.15) is 19.3 Å². The Kier molecular flexibility index (Phi) is 4.69. The molecule has 0 fully saturated rings. The Hall–Kier alpha value is -3.42. The molecule has 0 spiro atoms. The van der Waals surface area contributed by atoms with Crippen molar-refractivity contribution >= 4 is 5.91 Å². The third-order valence-electron chi connectivity index (χ3n) is 4.22. The summed E-state index contributed by atoms with van der Waals surface area (Å²) in [5, 5.41) is 15.1. The van der Waals surface area contributed by atoms with Gasteiger partial charge in [-0.2, -0.15) is 4.80 Å². The van der Waals surface area contributed by atoms with E-state index in [9.17, 15) is 4.79 Å². The number of hydrogen-bond acceptors (Lipinski definition) is 6. The van der Waals surface area contributed by atoms with E-state index >= 15 is 0 Å². The Morgan fingerprint density at radius 2 is 1.96 bits per heavy atom. The first-order valence-corrected chi connectivity index (χ1v) is 8.68. The van der Waals surface area contributed by atoms with Crippen LogP contribution in [0.5, 0.6) is 11.5 Å². The summed E-state index contributed by atoms with van der Waals surface area (Å²) in [5.74, 6) is 1.69. The van der Waals surface area contributed by atoms with Crippen LogP contribution in [0, 0.1) is 6.92 Å². The van der Waals surface area contributed by atoms with Crippen LogP contribution in [0.3, 0.4) is 0 Å². The second-order valence-corrected chi connectivity index (χ2v) is 6.26. The fourth-order valence-corrected chi connectivity index (χ4v) is 2.82. The quantitative estimate of drug-likeness (QED) is 0.739. The van der Waals surface area contributed by atoms with Gasteiger partial charge in [0.25, 0.3) is 0 Å². The van der Waals surface area contributed by atoms with E-state index in [4.69, 9.17) is 9.47 Å². The van der Waals surface area contributed by atoms with Gasteiger partial charge in [-0.3, -0.25) is 4.79 Å². The van der Waals surface area contributed by atoms with Gasteiger partial charge in [0, 0.05) is 5.56 Å². The number of para-hydroxylation sites is 2. The van der Waals surface area contributed by atoms with Gasteiger partial charge >= 0.3 is 0 Å². The highest BCUT2D eigenvalue weighted by Gasteiger charge is 2.21. The second kappa shape index (κ2) is 7.45. The molecule has 4 rings (SSSR count). The average Bonchev–Trinajstić information content (AvgIpc) is 3.14. The number of tetrazole rings is 1. The van der Waals surface area contributed by atoms with Crippen molar-refractivity contribution < 1.29 is 14.3 Å². The zero-order chi connectivity index (χ0) is 18.6. The molecule has 1 atom stereocenters. The molecule has 8 heteroatoms. The summed E-state index contributed by atoms with van der Waals surface area (Å²) in [6, 6.07) is 15.2. The van der Waals surface area contributed by atoms with E-state index in [1.807, 2.05) is 55.5 Å². The van der Waals surface area contributed by atoms with Gasteiger partial charge < -0.3 is 14.8 Å². The minimum absolute atomic E-state index is 0.0109. The maximum atomic E-state index is 12.2.